The van der Waals surface area contributed by atoms with E-state index < -0.39 is 17.2 Å². The lowest BCUT2D eigenvalue weighted by molar-refractivity contribution is -0.119. The number of halogens is 1. The van der Waals surface area contributed by atoms with Crippen LogP contribution in [-0.4, -0.2) is 32.0 Å². The Morgan fingerprint density at radius 3 is 2.46 bits per heavy atom. The molecule has 1 atom stereocenters. The minimum absolute atomic E-state index is 0.430. The van der Waals surface area contributed by atoms with Crippen molar-refractivity contribution in [3.63, 3.8) is 0 Å². The molecule has 0 fully saturated rings. The molecule has 0 saturated heterocycles. The number of benzene rings is 2. The van der Waals surface area contributed by atoms with E-state index in [1.807, 2.05) is 24.3 Å². The number of aromatic nitrogens is 3. The van der Waals surface area contributed by atoms with Gasteiger partial charge in [-0.25, -0.2) is 4.79 Å². The summed E-state index contributed by atoms with van der Waals surface area (Å²) in [6, 6.07) is 15.6. The maximum atomic E-state index is 12.3. The quantitative estimate of drug-likeness (QED) is 0.615. The Labute approximate surface area is 171 Å². The number of urea groups is 1. The third-order valence-corrected chi connectivity index (χ3v) is 5.33. The van der Waals surface area contributed by atoms with Crippen molar-refractivity contribution in [2.75, 3.05) is 5.32 Å². The highest BCUT2D eigenvalue weighted by Gasteiger charge is 2.21. The van der Waals surface area contributed by atoms with Crippen LogP contribution < -0.4 is 10.6 Å². The molecule has 144 valence electrons. The number of amides is 3. The van der Waals surface area contributed by atoms with Gasteiger partial charge in [0, 0.05) is 18.3 Å². The van der Waals surface area contributed by atoms with Crippen LogP contribution in [-0.2, 0) is 11.8 Å². The van der Waals surface area contributed by atoms with E-state index in [9.17, 15) is 9.59 Å². The Morgan fingerprint density at radius 2 is 1.75 bits per heavy atom. The number of hydrogen-bond donors (Lipinski definition) is 2. The van der Waals surface area contributed by atoms with Gasteiger partial charge in [-0.05, 0) is 31.2 Å². The standard InChI is InChI=1S/C19H18ClN5O2S/c1-12(17(26)22-18(27)21-13-8-4-3-5-9-13)28-19-24-23-16(25(19)2)14-10-6-7-11-15(14)20/h3-12H,1-2H3,(H2,21,22,26,27). The van der Waals surface area contributed by atoms with Crippen molar-refractivity contribution in [3.8, 4) is 11.4 Å². The van der Waals surface area contributed by atoms with Gasteiger partial charge in [0.25, 0.3) is 0 Å². The topological polar surface area (TPSA) is 88.9 Å². The molecule has 0 aliphatic heterocycles. The first-order chi connectivity index (χ1) is 13.5. The van der Waals surface area contributed by atoms with Crippen LogP contribution in [0.25, 0.3) is 11.4 Å². The molecule has 9 heteroatoms. The number of carbonyl (C=O) groups is 2. The predicted octanol–water partition coefficient (Wildman–Crippen LogP) is 3.96. The summed E-state index contributed by atoms with van der Waals surface area (Å²) in [5, 5.41) is 13.8. The molecule has 3 rings (SSSR count). The summed E-state index contributed by atoms with van der Waals surface area (Å²) in [6.45, 7) is 1.69. The van der Waals surface area contributed by atoms with Gasteiger partial charge in [0.1, 0.15) is 0 Å². The van der Waals surface area contributed by atoms with Gasteiger partial charge < -0.3 is 9.88 Å². The van der Waals surface area contributed by atoms with Gasteiger partial charge in [0.2, 0.25) is 5.91 Å². The number of nitrogens with zero attached hydrogens (tertiary/aromatic N) is 3. The molecule has 1 unspecified atom stereocenters. The maximum Gasteiger partial charge on any atom is 0.325 e. The summed E-state index contributed by atoms with van der Waals surface area (Å²) in [6.07, 6.45) is 0. The fourth-order valence-electron chi connectivity index (χ4n) is 2.40. The first kappa shape index (κ1) is 19.9. The zero-order valence-electron chi connectivity index (χ0n) is 15.2. The van der Waals surface area contributed by atoms with Crippen molar-refractivity contribution < 1.29 is 9.59 Å². The van der Waals surface area contributed by atoms with Crippen molar-refractivity contribution in [1.82, 2.24) is 20.1 Å². The molecule has 28 heavy (non-hydrogen) atoms. The maximum absolute atomic E-state index is 12.3. The van der Waals surface area contributed by atoms with Crippen LogP contribution >= 0.6 is 23.4 Å². The summed E-state index contributed by atoms with van der Waals surface area (Å²) in [4.78, 5) is 24.3. The van der Waals surface area contributed by atoms with Gasteiger partial charge in [0.15, 0.2) is 11.0 Å². The third kappa shape index (κ3) is 4.71. The molecule has 7 nitrogen and oxygen atoms in total. The number of nitrogens with one attached hydrogen (secondary N) is 2. The van der Waals surface area contributed by atoms with Gasteiger partial charge in [0.05, 0.1) is 10.3 Å². The fraction of sp³-hybridized carbons (Fsp3) is 0.158. The fourth-order valence-corrected chi connectivity index (χ4v) is 3.44. The van der Waals surface area contributed by atoms with E-state index in [0.29, 0.717) is 21.7 Å². The smallest absolute Gasteiger partial charge is 0.308 e. The number of hydrogen-bond acceptors (Lipinski definition) is 5. The monoisotopic (exact) mass is 415 g/mol. The largest absolute Gasteiger partial charge is 0.325 e. The normalized spacial score (nSPS) is 11.7. The second kappa shape index (κ2) is 8.90. The van der Waals surface area contributed by atoms with Crippen molar-refractivity contribution in [2.24, 2.45) is 7.05 Å². The highest BCUT2D eigenvalue weighted by molar-refractivity contribution is 8.00. The van der Waals surface area contributed by atoms with Crippen LogP contribution in [0.4, 0.5) is 10.5 Å². The molecule has 0 aliphatic carbocycles. The number of carbonyl (C=O) groups excluding carboxylic acids is 2. The van der Waals surface area contributed by atoms with Crippen molar-refractivity contribution in [3.05, 3.63) is 59.6 Å². The summed E-state index contributed by atoms with van der Waals surface area (Å²) < 4.78 is 1.76. The molecule has 2 N–H and O–H groups in total. The molecule has 0 spiro atoms. The minimum Gasteiger partial charge on any atom is -0.308 e. The van der Waals surface area contributed by atoms with Crippen molar-refractivity contribution >= 4 is 41.0 Å². The zero-order chi connectivity index (χ0) is 20.1. The van der Waals surface area contributed by atoms with Crippen LogP contribution in [0.3, 0.4) is 0 Å². The van der Waals surface area contributed by atoms with Crippen LogP contribution in [0.15, 0.2) is 59.8 Å². The van der Waals surface area contributed by atoms with E-state index in [0.717, 1.165) is 5.56 Å². The highest BCUT2D eigenvalue weighted by Crippen LogP contribution is 2.29. The SMILES string of the molecule is CC(Sc1nnc(-c2ccccc2Cl)n1C)C(=O)NC(=O)Nc1ccccc1. The Bertz CT molecular complexity index is 993. The van der Waals surface area contributed by atoms with Crippen LogP contribution in [0.1, 0.15) is 6.92 Å². The lowest BCUT2D eigenvalue weighted by Gasteiger charge is -2.12. The van der Waals surface area contributed by atoms with Gasteiger partial charge in [-0.1, -0.05) is 53.7 Å². The molecule has 0 radical (unpaired) electrons. The highest BCUT2D eigenvalue weighted by atomic mass is 35.5. The van der Waals surface area contributed by atoms with Gasteiger partial charge in [-0.15, -0.1) is 10.2 Å². The predicted molar refractivity (Wildman–Crippen MR) is 110 cm³/mol. The third-order valence-electron chi connectivity index (χ3n) is 3.87. The molecule has 0 bridgehead atoms. The molecule has 1 aromatic heterocycles. The van der Waals surface area contributed by atoms with Gasteiger partial charge >= 0.3 is 6.03 Å². The van der Waals surface area contributed by atoms with Crippen LogP contribution in [0.2, 0.25) is 5.02 Å². The Kier molecular flexibility index (Phi) is 6.33. The minimum atomic E-state index is -0.585. The molecule has 2 aromatic carbocycles. The molecule has 1 heterocycles. The average Bonchev–Trinajstić information content (AvgIpc) is 3.03. The van der Waals surface area contributed by atoms with Gasteiger partial charge in [-0.2, -0.15) is 0 Å². The number of thioether (sulfide) groups is 1. The number of imide groups is 1. The van der Waals surface area contributed by atoms with Gasteiger partial charge in [-0.3, -0.25) is 10.1 Å². The van der Waals surface area contributed by atoms with E-state index in [1.165, 1.54) is 11.8 Å². The summed E-state index contributed by atoms with van der Waals surface area (Å²) in [5.41, 5.74) is 1.36. The average molecular weight is 416 g/mol. The zero-order valence-corrected chi connectivity index (χ0v) is 16.8. The van der Waals surface area contributed by atoms with Crippen molar-refractivity contribution in [2.45, 2.75) is 17.3 Å². The van der Waals surface area contributed by atoms with E-state index >= 15 is 0 Å². The van der Waals surface area contributed by atoms with E-state index in [2.05, 4.69) is 20.8 Å². The second-order valence-corrected chi connectivity index (χ2v) is 7.63. The molecule has 0 saturated carbocycles. The number of rotatable bonds is 5. The van der Waals surface area contributed by atoms with Crippen LogP contribution in [0, 0.1) is 0 Å². The second-order valence-electron chi connectivity index (χ2n) is 5.91. The van der Waals surface area contributed by atoms with Crippen LogP contribution in [0.5, 0.6) is 0 Å². The van der Waals surface area contributed by atoms with E-state index in [1.54, 1.807) is 48.9 Å². The molecular weight excluding hydrogens is 398 g/mol. The molecule has 3 amide bonds. The van der Waals surface area contributed by atoms with Crippen molar-refractivity contribution in [1.29, 1.82) is 0 Å². The first-order valence-electron chi connectivity index (χ1n) is 8.43. The molecular formula is C19H18ClN5O2S. The summed E-state index contributed by atoms with van der Waals surface area (Å²) >= 11 is 7.43. The van der Waals surface area contributed by atoms with E-state index in [4.69, 9.17) is 11.6 Å². The Balaban J connectivity index is 1.63. The summed E-state index contributed by atoms with van der Waals surface area (Å²) in [5.74, 6) is 0.170. The van der Waals surface area contributed by atoms with E-state index in [-0.39, 0.29) is 0 Å². The first-order valence-corrected chi connectivity index (χ1v) is 9.69. The summed E-state index contributed by atoms with van der Waals surface area (Å²) in [7, 11) is 1.80. The Hall–Kier alpha value is -2.84. The number of para-hydroxylation sites is 1. The molecule has 3 aromatic rings. The lowest BCUT2D eigenvalue weighted by Crippen LogP contribution is -2.38. The Morgan fingerprint density at radius 1 is 1.07 bits per heavy atom. The lowest BCUT2D eigenvalue weighted by atomic mass is 10.2. The number of anilines is 1. The molecule has 0 aliphatic rings.